The molecule has 104 valence electrons. The van der Waals surface area contributed by atoms with E-state index < -0.39 is 0 Å². The third kappa shape index (κ3) is 2.89. The van der Waals surface area contributed by atoms with Gasteiger partial charge in [-0.3, -0.25) is 4.99 Å². The molecule has 0 spiro atoms. The first-order chi connectivity index (χ1) is 9.41. The quantitative estimate of drug-likeness (QED) is 0.713. The lowest BCUT2D eigenvalue weighted by Gasteiger charge is -2.11. The summed E-state index contributed by atoms with van der Waals surface area (Å²) in [5.41, 5.74) is 4.30. The topological polar surface area (TPSA) is 32.6 Å². The molecule has 0 bridgehead atoms. The van der Waals surface area contributed by atoms with Gasteiger partial charge in [-0.25, -0.2) is 0 Å². The van der Waals surface area contributed by atoms with Gasteiger partial charge < -0.3 is 5.11 Å². The van der Waals surface area contributed by atoms with Crippen molar-refractivity contribution in [1.29, 1.82) is 0 Å². The summed E-state index contributed by atoms with van der Waals surface area (Å²) >= 11 is 9.61. The lowest BCUT2D eigenvalue weighted by molar-refractivity contribution is 0.470. The fraction of sp³-hybridized carbons (Fsp3) is 0.188. The average molecular weight is 353 g/mol. The van der Waals surface area contributed by atoms with E-state index in [1.54, 1.807) is 6.21 Å². The van der Waals surface area contributed by atoms with Crippen LogP contribution in [0, 0.1) is 20.8 Å². The molecule has 0 unspecified atom stereocenters. The Morgan fingerprint density at radius 1 is 1.10 bits per heavy atom. The minimum atomic E-state index is 0.167. The van der Waals surface area contributed by atoms with Crippen LogP contribution >= 0.6 is 27.5 Å². The van der Waals surface area contributed by atoms with Crippen LogP contribution in [0.3, 0.4) is 0 Å². The molecule has 2 rings (SSSR count). The predicted octanol–water partition coefficient (Wildman–Crippen LogP) is 5.48. The van der Waals surface area contributed by atoms with E-state index in [9.17, 15) is 5.11 Å². The highest BCUT2D eigenvalue weighted by molar-refractivity contribution is 9.10. The largest absolute Gasteiger partial charge is 0.506 e. The maximum Gasteiger partial charge on any atom is 0.139 e. The van der Waals surface area contributed by atoms with Crippen LogP contribution in [-0.2, 0) is 0 Å². The molecular formula is C16H15BrClNO. The summed E-state index contributed by atoms with van der Waals surface area (Å²) in [6.07, 6.45) is 1.64. The number of rotatable bonds is 2. The van der Waals surface area contributed by atoms with Crippen molar-refractivity contribution in [3.63, 3.8) is 0 Å². The van der Waals surface area contributed by atoms with Gasteiger partial charge in [-0.15, -0.1) is 0 Å². The van der Waals surface area contributed by atoms with Crippen LogP contribution in [0.4, 0.5) is 5.69 Å². The number of hydrogen-bond donors (Lipinski definition) is 1. The second-order valence-electron chi connectivity index (χ2n) is 4.73. The second kappa shape index (κ2) is 5.98. The first kappa shape index (κ1) is 15.1. The van der Waals surface area contributed by atoms with Crippen LogP contribution in [0.15, 0.2) is 33.7 Å². The summed E-state index contributed by atoms with van der Waals surface area (Å²) in [4.78, 5) is 4.39. The van der Waals surface area contributed by atoms with Gasteiger partial charge in [-0.2, -0.15) is 0 Å². The van der Waals surface area contributed by atoms with Crippen LogP contribution in [0.25, 0.3) is 0 Å². The van der Waals surface area contributed by atoms with E-state index >= 15 is 0 Å². The molecule has 0 aromatic heterocycles. The zero-order chi connectivity index (χ0) is 14.9. The fourth-order valence-electron chi connectivity index (χ4n) is 1.90. The molecule has 0 fully saturated rings. The van der Waals surface area contributed by atoms with Crippen LogP contribution in [0.2, 0.25) is 5.02 Å². The Labute approximate surface area is 132 Å². The fourth-order valence-corrected chi connectivity index (χ4v) is 2.62. The van der Waals surface area contributed by atoms with Gasteiger partial charge in [0, 0.05) is 16.8 Å². The van der Waals surface area contributed by atoms with Crippen LogP contribution in [-0.4, -0.2) is 11.3 Å². The summed E-state index contributed by atoms with van der Waals surface area (Å²) in [5.74, 6) is 0.167. The van der Waals surface area contributed by atoms with Crippen molar-refractivity contribution >= 4 is 39.4 Å². The van der Waals surface area contributed by atoms with E-state index in [0.29, 0.717) is 15.1 Å². The molecule has 1 N–H and O–H groups in total. The number of halogens is 2. The van der Waals surface area contributed by atoms with Gasteiger partial charge in [0.2, 0.25) is 0 Å². The number of nitrogens with zero attached hydrogens (tertiary/aromatic N) is 1. The Bertz CT molecular complexity index is 649. The molecule has 0 atom stereocenters. The van der Waals surface area contributed by atoms with Gasteiger partial charge in [-0.1, -0.05) is 29.3 Å². The number of phenols is 1. The highest BCUT2D eigenvalue weighted by atomic mass is 79.9. The molecule has 0 aliphatic heterocycles. The van der Waals surface area contributed by atoms with Crippen molar-refractivity contribution in [3.8, 4) is 5.75 Å². The molecule has 0 aliphatic rings. The standard InChI is InChI=1S/C16H15BrClNO/c1-9-4-6-12(7-5-9)19-8-13-10(2)15(18)11(3)14(17)16(13)20/h4-8,20H,1-3H3. The minimum absolute atomic E-state index is 0.167. The van der Waals surface area contributed by atoms with E-state index in [1.807, 2.05) is 45.0 Å². The third-order valence-electron chi connectivity index (χ3n) is 3.23. The predicted molar refractivity (Wildman–Crippen MR) is 88.7 cm³/mol. The van der Waals surface area contributed by atoms with Crippen LogP contribution < -0.4 is 0 Å². The second-order valence-corrected chi connectivity index (χ2v) is 5.90. The molecule has 2 nitrogen and oxygen atoms in total. The smallest absolute Gasteiger partial charge is 0.139 e. The Hall–Kier alpha value is -1.32. The molecule has 0 heterocycles. The summed E-state index contributed by atoms with van der Waals surface area (Å²) in [7, 11) is 0. The molecule has 0 radical (unpaired) electrons. The number of hydrogen-bond acceptors (Lipinski definition) is 2. The van der Waals surface area contributed by atoms with Gasteiger partial charge in [0.05, 0.1) is 10.2 Å². The lowest BCUT2D eigenvalue weighted by atomic mass is 10.0. The summed E-state index contributed by atoms with van der Waals surface area (Å²) < 4.78 is 0.610. The van der Waals surface area contributed by atoms with E-state index in [4.69, 9.17) is 11.6 Å². The highest BCUT2D eigenvalue weighted by Crippen LogP contribution is 2.38. The van der Waals surface area contributed by atoms with Crippen LogP contribution in [0.5, 0.6) is 5.75 Å². The molecule has 2 aromatic carbocycles. The van der Waals surface area contributed by atoms with E-state index in [-0.39, 0.29) is 5.75 Å². The maximum absolute atomic E-state index is 10.2. The zero-order valence-corrected chi connectivity index (χ0v) is 13.9. The highest BCUT2D eigenvalue weighted by Gasteiger charge is 2.15. The number of aliphatic imine (C=N–C) groups is 1. The number of phenolic OH excluding ortho intramolecular Hbond substituents is 1. The SMILES string of the molecule is Cc1ccc(N=Cc2c(C)c(Cl)c(C)c(Br)c2O)cc1. The van der Waals surface area contributed by atoms with E-state index in [0.717, 1.165) is 16.8 Å². The first-order valence-corrected chi connectivity index (χ1v) is 7.36. The Morgan fingerprint density at radius 3 is 2.30 bits per heavy atom. The molecule has 0 saturated carbocycles. The van der Waals surface area contributed by atoms with Crippen molar-refractivity contribution < 1.29 is 5.11 Å². The van der Waals surface area contributed by atoms with E-state index in [2.05, 4.69) is 20.9 Å². The van der Waals surface area contributed by atoms with Gasteiger partial charge in [0.1, 0.15) is 5.75 Å². The summed E-state index contributed by atoms with van der Waals surface area (Å²) in [6, 6.07) is 7.86. The number of benzene rings is 2. The molecule has 20 heavy (non-hydrogen) atoms. The normalized spacial score (nSPS) is 11.2. The molecule has 0 aliphatic carbocycles. The van der Waals surface area contributed by atoms with Crippen molar-refractivity contribution in [2.24, 2.45) is 4.99 Å². The first-order valence-electron chi connectivity index (χ1n) is 6.19. The Balaban J connectivity index is 2.46. The van der Waals surface area contributed by atoms with Crippen LogP contribution in [0.1, 0.15) is 22.3 Å². The van der Waals surface area contributed by atoms with Gasteiger partial charge in [-0.05, 0) is 60.0 Å². The number of aryl methyl sites for hydroxylation is 1. The van der Waals surface area contributed by atoms with Gasteiger partial charge in [0.25, 0.3) is 0 Å². The molecule has 0 amide bonds. The zero-order valence-electron chi connectivity index (χ0n) is 11.5. The Morgan fingerprint density at radius 2 is 1.70 bits per heavy atom. The van der Waals surface area contributed by atoms with Crippen molar-refractivity contribution in [1.82, 2.24) is 0 Å². The molecular weight excluding hydrogens is 338 g/mol. The summed E-state index contributed by atoms with van der Waals surface area (Å²) in [6.45, 7) is 5.76. The molecule has 0 saturated heterocycles. The summed E-state index contributed by atoms with van der Waals surface area (Å²) in [5, 5.41) is 10.8. The maximum atomic E-state index is 10.2. The van der Waals surface area contributed by atoms with Crippen molar-refractivity contribution in [2.75, 3.05) is 0 Å². The minimum Gasteiger partial charge on any atom is -0.506 e. The molecule has 2 aromatic rings. The van der Waals surface area contributed by atoms with Crippen molar-refractivity contribution in [2.45, 2.75) is 20.8 Å². The van der Waals surface area contributed by atoms with E-state index in [1.165, 1.54) is 5.56 Å². The van der Waals surface area contributed by atoms with Crippen molar-refractivity contribution in [3.05, 3.63) is 56.0 Å². The van der Waals surface area contributed by atoms with Gasteiger partial charge in [0.15, 0.2) is 0 Å². The lowest BCUT2D eigenvalue weighted by Crippen LogP contribution is -1.94. The average Bonchev–Trinajstić information content (AvgIpc) is 2.45. The Kier molecular flexibility index (Phi) is 4.51. The van der Waals surface area contributed by atoms with Gasteiger partial charge >= 0.3 is 0 Å². The molecule has 4 heteroatoms. The third-order valence-corrected chi connectivity index (χ3v) is 4.77. The monoisotopic (exact) mass is 351 g/mol. The number of aromatic hydroxyl groups is 1.